The van der Waals surface area contributed by atoms with Crippen molar-refractivity contribution in [2.24, 2.45) is 0 Å². The highest BCUT2D eigenvalue weighted by Gasteiger charge is 2.04. The summed E-state index contributed by atoms with van der Waals surface area (Å²) in [4.78, 5) is 2.15. The van der Waals surface area contributed by atoms with E-state index >= 15 is 0 Å². The highest BCUT2D eigenvalue weighted by Crippen LogP contribution is 2.11. The molecule has 1 rings (SSSR count). The Morgan fingerprint density at radius 3 is 2.80 bits per heavy atom. The van der Waals surface area contributed by atoms with Crippen LogP contribution in [0.1, 0.15) is 24.5 Å². The lowest BCUT2D eigenvalue weighted by atomic mass is 10.1. The summed E-state index contributed by atoms with van der Waals surface area (Å²) >= 11 is 0. The van der Waals surface area contributed by atoms with E-state index in [2.05, 4.69) is 11.8 Å². The predicted octanol–water partition coefficient (Wildman–Crippen LogP) is 2.54. The van der Waals surface area contributed by atoms with Gasteiger partial charge in [-0.1, -0.05) is 13.0 Å². The van der Waals surface area contributed by atoms with Crippen molar-refractivity contribution in [3.05, 3.63) is 35.1 Å². The lowest BCUT2D eigenvalue weighted by Crippen LogP contribution is -2.18. The molecule has 0 saturated carbocycles. The van der Waals surface area contributed by atoms with Crippen LogP contribution in [-0.2, 0) is 6.54 Å². The minimum atomic E-state index is -0.445. The number of nitriles is 1. The van der Waals surface area contributed by atoms with Gasteiger partial charge in [-0.05, 0) is 37.7 Å². The van der Waals surface area contributed by atoms with Crippen LogP contribution < -0.4 is 0 Å². The normalized spacial score (nSPS) is 10.3. The van der Waals surface area contributed by atoms with Crippen LogP contribution in [0.25, 0.3) is 0 Å². The summed E-state index contributed by atoms with van der Waals surface area (Å²) in [6.07, 6.45) is 1.09. The largest absolute Gasteiger partial charge is 0.302 e. The molecule has 0 aliphatic heterocycles. The van der Waals surface area contributed by atoms with Crippen LogP contribution in [0.2, 0.25) is 0 Å². The Morgan fingerprint density at radius 1 is 1.47 bits per heavy atom. The average molecular weight is 206 g/mol. The molecule has 0 spiro atoms. The van der Waals surface area contributed by atoms with Gasteiger partial charge in [-0.25, -0.2) is 4.39 Å². The van der Waals surface area contributed by atoms with Gasteiger partial charge in [0.15, 0.2) is 0 Å². The first-order chi connectivity index (χ1) is 7.17. The molecule has 0 aliphatic rings. The molecule has 0 atom stereocenters. The zero-order valence-corrected chi connectivity index (χ0v) is 9.13. The third-order valence-corrected chi connectivity index (χ3v) is 2.21. The number of benzene rings is 1. The van der Waals surface area contributed by atoms with Gasteiger partial charge in [0, 0.05) is 6.54 Å². The maximum atomic E-state index is 13.0. The minimum absolute atomic E-state index is 0.123. The Morgan fingerprint density at radius 2 is 2.20 bits per heavy atom. The maximum Gasteiger partial charge on any atom is 0.140 e. The summed E-state index contributed by atoms with van der Waals surface area (Å²) < 4.78 is 13.0. The summed E-state index contributed by atoms with van der Waals surface area (Å²) in [6.45, 7) is 3.87. The zero-order valence-electron chi connectivity index (χ0n) is 9.13. The van der Waals surface area contributed by atoms with Gasteiger partial charge in [0.2, 0.25) is 0 Å². The predicted molar refractivity (Wildman–Crippen MR) is 57.7 cm³/mol. The van der Waals surface area contributed by atoms with E-state index < -0.39 is 5.82 Å². The lowest BCUT2D eigenvalue weighted by Gasteiger charge is -2.15. The van der Waals surface area contributed by atoms with Crippen LogP contribution in [0.3, 0.4) is 0 Å². The van der Waals surface area contributed by atoms with E-state index in [4.69, 9.17) is 5.26 Å². The third-order valence-electron chi connectivity index (χ3n) is 2.21. The molecule has 0 N–H and O–H groups in total. The monoisotopic (exact) mass is 206 g/mol. The van der Waals surface area contributed by atoms with Crippen molar-refractivity contribution in [1.29, 1.82) is 5.26 Å². The van der Waals surface area contributed by atoms with Crippen molar-refractivity contribution >= 4 is 0 Å². The van der Waals surface area contributed by atoms with Gasteiger partial charge in [-0.2, -0.15) is 5.26 Å². The van der Waals surface area contributed by atoms with Crippen LogP contribution in [0.4, 0.5) is 4.39 Å². The Balaban J connectivity index is 2.75. The Bertz CT molecular complexity index is 368. The number of halogens is 1. The highest BCUT2D eigenvalue weighted by atomic mass is 19.1. The fourth-order valence-corrected chi connectivity index (χ4v) is 1.53. The van der Waals surface area contributed by atoms with E-state index in [1.165, 1.54) is 6.07 Å². The van der Waals surface area contributed by atoms with Gasteiger partial charge >= 0.3 is 0 Å². The van der Waals surface area contributed by atoms with Gasteiger partial charge < -0.3 is 4.90 Å². The first-order valence-corrected chi connectivity index (χ1v) is 5.04. The van der Waals surface area contributed by atoms with Crippen molar-refractivity contribution in [2.45, 2.75) is 19.9 Å². The lowest BCUT2D eigenvalue weighted by molar-refractivity contribution is 0.327. The van der Waals surface area contributed by atoms with Crippen LogP contribution in [0.5, 0.6) is 0 Å². The molecule has 1 aromatic carbocycles. The second kappa shape index (κ2) is 5.47. The van der Waals surface area contributed by atoms with Gasteiger partial charge in [0.05, 0.1) is 5.56 Å². The van der Waals surface area contributed by atoms with E-state index in [1.807, 2.05) is 13.1 Å². The molecule has 0 fully saturated rings. The molecule has 0 amide bonds. The Labute approximate surface area is 89.9 Å². The molecule has 0 unspecified atom stereocenters. The Hall–Kier alpha value is -1.40. The maximum absolute atomic E-state index is 13.0. The number of hydrogen-bond donors (Lipinski definition) is 0. The number of hydrogen-bond acceptors (Lipinski definition) is 2. The number of nitrogens with zero attached hydrogens (tertiary/aromatic N) is 2. The van der Waals surface area contributed by atoms with Crippen LogP contribution >= 0.6 is 0 Å². The van der Waals surface area contributed by atoms with Crippen molar-refractivity contribution in [2.75, 3.05) is 13.6 Å². The van der Waals surface area contributed by atoms with E-state index in [0.29, 0.717) is 0 Å². The average Bonchev–Trinajstić information content (AvgIpc) is 2.21. The van der Waals surface area contributed by atoms with Crippen molar-refractivity contribution in [1.82, 2.24) is 4.90 Å². The van der Waals surface area contributed by atoms with Gasteiger partial charge in [0.25, 0.3) is 0 Å². The van der Waals surface area contributed by atoms with Crippen LogP contribution in [-0.4, -0.2) is 18.5 Å². The fourth-order valence-electron chi connectivity index (χ4n) is 1.53. The van der Waals surface area contributed by atoms with Crippen molar-refractivity contribution < 1.29 is 4.39 Å². The first kappa shape index (κ1) is 11.7. The zero-order chi connectivity index (χ0) is 11.3. The molecule has 2 nitrogen and oxygen atoms in total. The van der Waals surface area contributed by atoms with Crippen LogP contribution in [0.15, 0.2) is 18.2 Å². The summed E-state index contributed by atoms with van der Waals surface area (Å²) in [7, 11) is 2.01. The van der Waals surface area contributed by atoms with Gasteiger partial charge in [-0.15, -0.1) is 0 Å². The molecule has 0 saturated heterocycles. The van der Waals surface area contributed by atoms with Gasteiger partial charge in [-0.3, -0.25) is 0 Å². The van der Waals surface area contributed by atoms with Crippen LogP contribution in [0, 0.1) is 17.1 Å². The number of rotatable bonds is 4. The topological polar surface area (TPSA) is 27.0 Å². The van der Waals surface area contributed by atoms with Crippen molar-refractivity contribution in [3.8, 4) is 6.07 Å². The quantitative estimate of drug-likeness (QED) is 0.757. The van der Waals surface area contributed by atoms with E-state index in [9.17, 15) is 4.39 Å². The standard InChI is InChI=1S/C12H15FN2/c1-3-6-15(2)9-10-4-5-12(13)11(7-10)8-14/h4-5,7H,3,6,9H2,1-2H3. The molecule has 0 aromatic heterocycles. The Kier molecular flexibility index (Phi) is 4.26. The smallest absolute Gasteiger partial charge is 0.140 e. The second-order valence-electron chi connectivity index (χ2n) is 3.66. The van der Waals surface area contributed by atoms with Gasteiger partial charge in [0.1, 0.15) is 11.9 Å². The molecule has 0 bridgehead atoms. The SMILES string of the molecule is CCCN(C)Cc1ccc(F)c(C#N)c1. The first-order valence-electron chi connectivity index (χ1n) is 5.04. The molecular weight excluding hydrogens is 191 g/mol. The minimum Gasteiger partial charge on any atom is -0.302 e. The summed E-state index contributed by atoms with van der Waals surface area (Å²) in [6, 6.07) is 6.54. The molecule has 15 heavy (non-hydrogen) atoms. The van der Waals surface area contributed by atoms with E-state index in [-0.39, 0.29) is 5.56 Å². The molecule has 0 aliphatic carbocycles. The molecule has 80 valence electrons. The summed E-state index contributed by atoms with van der Waals surface area (Å²) in [5.41, 5.74) is 1.10. The molecule has 3 heteroatoms. The third kappa shape index (κ3) is 3.34. The molecule has 1 aromatic rings. The fraction of sp³-hybridized carbons (Fsp3) is 0.417. The summed E-state index contributed by atoms with van der Waals surface area (Å²) in [5, 5.41) is 8.68. The second-order valence-corrected chi connectivity index (χ2v) is 3.66. The van der Waals surface area contributed by atoms with E-state index in [1.54, 1.807) is 12.1 Å². The molecule has 0 radical (unpaired) electrons. The molecular formula is C12H15FN2. The highest BCUT2D eigenvalue weighted by molar-refractivity contribution is 5.34. The van der Waals surface area contributed by atoms with Crippen molar-refractivity contribution in [3.63, 3.8) is 0 Å². The molecule has 0 heterocycles. The summed E-state index contributed by atoms with van der Waals surface area (Å²) in [5.74, 6) is -0.445. The van der Waals surface area contributed by atoms with E-state index in [0.717, 1.165) is 25.1 Å².